The van der Waals surface area contributed by atoms with Gasteiger partial charge in [-0.1, -0.05) is 25.7 Å². The quantitative estimate of drug-likeness (QED) is 0.573. The minimum atomic E-state index is -0.329. The van der Waals surface area contributed by atoms with Gasteiger partial charge in [0.1, 0.15) is 5.56 Å². The van der Waals surface area contributed by atoms with Crippen molar-refractivity contribution < 1.29 is 4.79 Å². The summed E-state index contributed by atoms with van der Waals surface area (Å²) in [4.78, 5) is 26.2. The molecule has 0 atom stereocenters. The van der Waals surface area contributed by atoms with Crippen LogP contribution in [0.2, 0.25) is 0 Å². The number of H-pyrrole nitrogens is 1. The molecule has 6 heteroatoms. The van der Waals surface area contributed by atoms with Crippen LogP contribution < -0.4 is 16.2 Å². The van der Waals surface area contributed by atoms with Gasteiger partial charge >= 0.3 is 0 Å². The summed E-state index contributed by atoms with van der Waals surface area (Å²) in [6.45, 7) is 3.09. The molecule has 1 heterocycles. The fourth-order valence-corrected chi connectivity index (χ4v) is 2.78. The third kappa shape index (κ3) is 5.81. The number of rotatable bonds is 5. The first-order chi connectivity index (χ1) is 10.2. The van der Waals surface area contributed by atoms with Crippen LogP contribution in [0.15, 0.2) is 16.9 Å². The molecule has 0 radical (unpaired) electrons. The van der Waals surface area contributed by atoms with Crippen LogP contribution in [-0.4, -0.2) is 30.0 Å². The molecule has 1 amide bonds. The lowest BCUT2D eigenvalue weighted by atomic mass is 10.1. The number of carbonyl (C=O) groups excluding carboxylic acids is 1. The van der Waals surface area contributed by atoms with E-state index in [1.165, 1.54) is 38.5 Å². The van der Waals surface area contributed by atoms with E-state index >= 15 is 0 Å². The molecule has 0 aliphatic heterocycles. The van der Waals surface area contributed by atoms with Crippen LogP contribution in [0, 0.1) is 6.92 Å². The van der Waals surface area contributed by atoms with Crippen LogP contribution >= 0.6 is 12.4 Å². The van der Waals surface area contributed by atoms with Crippen LogP contribution in [0.3, 0.4) is 0 Å². The van der Waals surface area contributed by atoms with Gasteiger partial charge in [0, 0.05) is 24.8 Å². The third-order valence-electron chi connectivity index (χ3n) is 4.00. The van der Waals surface area contributed by atoms with Crippen LogP contribution in [0.1, 0.15) is 54.6 Å². The van der Waals surface area contributed by atoms with Gasteiger partial charge in [-0.25, -0.2) is 0 Å². The Morgan fingerprint density at radius 1 is 1.18 bits per heavy atom. The Morgan fingerprint density at radius 3 is 2.50 bits per heavy atom. The topological polar surface area (TPSA) is 74.0 Å². The van der Waals surface area contributed by atoms with E-state index in [1.807, 2.05) is 0 Å². The SMILES string of the molecule is Cc1ccc(C(=O)NCCNC2CCCCCC2)c(=O)[nH]1.Cl. The van der Waals surface area contributed by atoms with Crippen molar-refractivity contribution in [2.24, 2.45) is 0 Å². The summed E-state index contributed by atoms with van der Waals surface area (Å²) < 4.78 is 0. The monoisotopic (exact) mass is 327 g/mol. The predicted molar refractivity (Wildman–Crippen MR) is 90.9 cm³/mol. The molecule has 1 fully saturated rings. The molecule has 1 aliphatic rings. The average Bonchev–Trinajstić information content (AvgIpc) is 2.72. The predicted octanol–water partition coefficient (Wildman–Crippen LogP) is 2.15. The van der Waals surface area contributed by atoms with Crippen LogP contribution in [0.4, 0.5) is 0 Å². The molecular weight excluding hydrogens is 302 g/mol. The summed E-state index contributed by atoms with van der Waals surface area (Å²) in [5.41, 5.74) is 0.603. The lowest BCUT2D eigenvalue weighted by molar-refractivity contribution is 0.0952. The summed E-state index contributed by atoms with van der Waals surface area (Å²) in [6, 6.07) is 3.88. The first kappa shape index (κ1) is 18.7. The largest absolute Gasteiger partial charge is 0.351 e. The molecule has 3 N–H and O–H groups in total. The van der Waals surface area contributed by atoms with Crippen molar-refractivity contribution in [1.29, 1.82) is 0 Å². The number of hydrogen-bond acceptors (Lipinski definition) is 3. The number of hydrogen-bond donors (Lipinski definition) is 3. The van der Waals surface area contributed by atoms with E-state index in [0.29, 0.717) is 12.6 Å². The summed E-state index contributed by atoms with van der Waals surface area (Å²) in [6.07, 6.45) is 7.72. The summed E-state index contributed by atoms with van der Waals surface area (Å²) in [7, 11) is 0. The summed E-state index contributed by atoms with van der Waals surface area (Å²) in [5.74, 6) is -0.307. The van der Waals surface area contributed by atoms with Gasteiger partial charge in [-0.15, -0.1) is 12.4 Å². The zero-order chi connectivity index (χ0) is 15.1. The molecule has 2 rings (SSSR count). The summed E-state index contributed by atoms with van der Waals surface area (Å²) >= 11 is 0. The highest BCUT2D eigenvalue weighted by Crippen LogP contribution is 2.16. The Hall–Kier alpha value is -1.33. The van der Waals surface area contributed by atoms with Crippen molar-refractivity contribution in [1.82, 2.24) is 15.6 Å². The number of pyridine rings is 1. The Labute approximate surface area is 137 Å². The van der Waals surface area contributed by atoms with Crippen molar-refractivity contribution in [2.75, 3.05) is 13.1 Å². The van der Waals surface area contributed by atoms with E-state index in [4.69, 9.17) is 0 Å². The minimum Gasteiger partial charge on any atom is -0.351 e. The van der Waals surface area contributed by atoms with E-state index in [-0.39, 0.29) is 29.4 Å². The van der Waals surface area contributed by atoms with Gasteiger partial charge in [0.05, 0.1) is 0 Å². The maximum absolute atomic E-state index is 11.9. The van der Waals surface area contributed by atoms with Gasteiger partial charge < -0.3 is 15.6 Å². The number of aromatic nitrogens is 1. The Balaban J connectivity index is 0.00000242. The van der Waals surface area contributed by atoms with E-state index in [0.717, 1.165) is 12.2 Å². The van der Waals surface area contributed by atoms with Gasteiger partial charge in [0.15, 0.2) is 0 Å². The van der Waals surface area contributed by atoms with Crippen LogP contribution in [-0.2, 0) is 0 Å². The second-order valence-corrected chi connectivity index (χ2v) is 5.78. The lowest BCUT2D eigenvalue weighted by Gasteiger charge is -2.16. The van der Waals surface area contributed by atoms with E-state index in [2.05, 4.69) is 15.6 Å². The van der Waals surface area contributed by atoms with Gasteiger partial charge in [-0.2, -0.15) is 0 Å². The molecule has 1 aromatic rings. The number of aryl methyl sites for hydroxylation is 1. The molecule has 0 saturated heterocycles. The number of carbonyl (C=O) groups is 1. The van der Waals surface area contributed by atoms with Crippen molar-refractivity contribution in [3.05, 3.63) is 33.7 Å². The fourth-order valence-electron chi connectivity index (χ4n) is 2.78. The van der Waals surface area contributed by atoms with Crippen molar-refractivity contribution in [3.8, 4) is 0 Å². The van der Waals surface area contributed by atoms with Gasteiger partial charge in [0.25, 0.3) is 11.5 Å². The molecule has 1 aliphatic carbocycles. The normalized spacial score (nSPS) is 15.7. The van der Waals surface area contributed by atoms with E-state index in [9.17, 15) is 9.59 Å². The molecule has 1 aromatic heterocycles. The zero-order valence-electron chi connectivity index (χ0n) is 13.1. The number of amides is 1. The lowest BCUT2D eigenvalue weighted by Crippen LogP contribution is -2.38. The maximum atomic E-state index is 11.9. The molecule has 124 valence electrons. The first-order valence-corrected chi connectivity index (χ1v) is 7.88. The van der Waals surface area contributed by atoms with Crippen LogP contribution in [0.5, 0.6) is 0 Å². The van der Waals surface area contributed by atoms with E-state index < -0.39 is 0 Å². The molecule has 5 nitrogen and oxygen atoms in total. The minimum absolute atomic E-state index is 0. The van der Waals surface area contributed by atoms with Gasteiger partial charge in [-0.05, 0) is 31.9 Å². The fraction of sp³-hybridized carbons (Fsp3) is 0.625. The first-order valence-electron chi connectivity index (χ1n) is 7.88. The smallest absolute Gasteiger partial charge is 0.260 e. The van der Waals surface area contributed by atoms with Crippen LogP contribution in [0.25, 0.3) is 0 Å². The van der Waals surface area contributed by atoms with Crippen molar-refractivity contribution >= 4 is 18.3 Å². The zero-order valence-corrected chi connectivity index (χ0v) is 13.9. The third-order valence-corrected chi connectivity index (χ3v) is 4.00. The van der Waals surface area contributed by atoms with E-state index in [1.54, 1.807) is 19.1 Å². The number of aromatic amines is 1. The molecule has 0 spiro atoms. The maximum Gasteiger partial charge on any atom is 0.260 e. The van der Waals surface area contributed by atoms with Gasteiger partial charge in [0.2, 0.25) is 0 Å². The van der Waals surface area contributed by atoms with Crippen molar-refractivity contribution in [3.63, 3.8) is 0 Å². The highest BCUT2D eigenvalue weighted by molar-refractivity contribution is 5.93. The summed E-state index contributed by atoms with van der Waals surface area (Å²) in [5, 5.41) is 6.28. The molecule has 1 saturated carbocycles. The molecular formula is C16H26ClN3O2. The van der Waals surface area contributed by atoms with Crippen molar-refractivity contribution in [2.45, 2.75) is 51.5 Å². The Kier molecular flexibility index (Phi) is 8.20. The molecule has 22 heavy (non-hydrogen) atoms. The van der Waals surface area contributed by atoms with Gasteiger partial charge in [-0.3, -0.25) is 9.59 Å². The highest BCUT2D eigenvalue weighted by atomic mass is 35.5. The Morgan fingerprint density at radius 2 is 1.86 bits per heavy atom. The molecule has 0 unspecified atom stereocenters. The molecule has 0 aromatic carbocycles. The average molecular weight is 328 g/mol. The Bertz CT molecular complexity index is 522. The molecule has 0 bridgehead atoms. The highest BCUT2D eigenvalue weighted by Gasteiger charge is 2.12. The second-order valence-electron chi connectivity index (χ2n) is 5.78. The standard InChI is InChI=1S/C16H25N3O2.ClH/c1-12-8-9-14(16(21)19-12)15(20)18-11-10-17-13-6-4-2-3-5-7-13;/h8-9,13,17H,2-7,10-11H2,1H3,(H,18,20)(H,19,21);1H. The number of nitrogens with one attached hydrogen (secondary N) is 3. The number of halogens is 1. The second kappa shape index (κ2) is 9.64.